The molecule has 0 radical (unpaired) electrons. The number of unbranched alkanes of at least 4 members (excludes halogenated alkanes) is 6. The number of nitrogens with zero attached hydrogens (tertiary/aromatic N) is 1. The Balaban J connectivity index is 2.39. The third kappa shape index (κ3) is 5.64. The number of benzene rings is 1. The number of aryl methyl sites for hydroxylation is 1. The molecule has 112 valence electrons. The second-order valence-corrected chi connectivity index (χ2v) is 5.44. The largest absolute Gasteiger partial charge is 0.507 e. The first kappa shape index (κ1) is 16.5. The van der Waals surface area contributed by atoms with Crippen LogP contribution in [-0.4, -0.2) is 16.0 Å². The van der Waals surface area contributed by atoms with E-state index < -0.39 is 0 Å². The zero-order valence-corrected chi connectivity index (χ0v) is 12.7. The van der Waals surface area contributed by atoms with Gasteiger partial charge in [-0.2, -0.15) is 0 Å². The number of hydrogen-bond acceptors (Lipinski definition) is 3. The molecule has 3 nitrogen and oxygen atoms in total. The summed E-state index contributed by atoms with van der Waals surface area (Å²) in [6.07, 6.45) is 9.29. The van der Waals surface area contributed by atoms with E-state index in [-0.39, 0.29) is 5.75 Å². The molecule has 0 amide bonds. The van der Waals surface area contributed by atoms with Crippen LogP contribution < -0.4 is 0 Å². The maximum Gasteiger partial charge on any atom is 0.124 e. The first-order valence-corrected chi connectivity index (χ1v) is 7.70. The molecule has 0 fully saturated rings. The van der Waals surface area contributed by atoms with E-state index in [1.54, 1.807) is 6.07 Å². The van der Waals surface area contributed by atoms with Gasteiger partial charge in [0.15, 0.2) is 0 Å². The van der Waals surface area contributed by atoms with Crippen LogP contribution in [0.15, 0.2) is 23.4 Å². The summed E-state index contributed by atoms with van der Waals surface area (Å²) in [6.45, 7) is 4.18. The van der Waals surface area contributed by atoms with Crippen molar-refractivity contribution in [3.63, 3.8) is 0 Å². The molecule has 0 saturated carbocycles. The molecule has 0 aliphatic rings. The highest BCUT2D eigenvalue weighted by Crippen LogP contribution is 2.21. The van der Waals surface area contributed by atoms with Crippen molar-refractivity contribution >= 4 is 5.71 Å². The Bertz CT molecular complexity index is 427. The van der Waals surface area contributed by atoms with Crippen LogP contribution in [0.2, 0.25) is 0 Å². The monoisotopic (exact) mass is 277 g/mol. The summed E-state index contributed by atoms with van der Waals surface area (Å²) in [6, 6.07) is 5.37. The van der Waals surface area contributed by atoms with Gasteiger partial charge in [0.25, 0.3) is 0 Å². The van der Waals surface area contributed by atoms with Crippen LogP contribution in [0.5, 0.6) is 5.75 Å². The highest BCUT2D eigenvalue weighted by molar-refractivity contribution is 6.02. The summed E-state index contributed by atoms with van der Waals surface area (Å²) >= 11 is 0. The molecule has 1 aromatic rings. The smallest absolute Gasteiger partial charge is 0.124 e. The molecule has 1 rings (SSSR count). The van der Waals surface area contributed by atoms with E-state index in [1.807, 2.05) is 19.1 Å². The van der Waals surface area contributed by atoms with E-state index in [1.165, 1.54) is 32.1 Å². The average Bonchev–Trinajstić information content (AvgIpc) is 2.45. The van der Waals surface area contributed by atoms with Crippen LogP contribution in [-0.2, 0) is 0 Å². The Morgan fingerprint density at radius 2 is 1.70 bits per heavy atom. The van der Waals surface area contributed by atoms with E-state index in [0.717, 1.165) is 18.4 Å². The van der Waals surface area contributed by atoms with Crippen LogP contribution in [0.4, 0.5) is 0 Å². The van der Waals surface area contributed by atoms with Gasteiger partial charge in [0.1, 0.15) is 5.75 Å². The highest BCUT2D eigenvalue weighted by Gasteiger charge is 2.09. The zero-order valence-electron chi connectivity index (χ0n) is 12.7. The van der Waals surface area contributed by atoms with E-state index in [2.05, 4.69) is 12.1 Å². The molecule has 0 spiro atoms. The van der Waals surface area contributed by atoms with Crippen LogP contribution in [0, 0.1) is 6.92 Å². The predicted octanol–water partition coefficient (Wildman–Crippen LogP) is 5.02. The molecule has 0 atom stereocenters. The van der Waals surface area contributed by atoms with E-state index in [4.69, 9.17) is 5.21 Å². The lowest BCUT2D eigenvalue weighted by Gasteiger charge is -2.08. The van der Waals surface area contributed by atoms with Crippen molar-refractivity contribution in [1.82, 2.24) is 0 Å². The second-order valence-electron chi connectivity index (χ2n) is 5.44. The molecule has 0 aliphatic carbocycles. The Hall–Kier alpha value is -1.51. The zero-order chi connectivity index (χ0) is 14.8. The van der Waals surface area contributed by atoms with Gasteiger partial charge < -0.3 is 10.3 Å². The third-order valence-corrected chi connectivity index (χ3v) is 3.60. The Morgan fingerprint density at radius 1 is 1.05 bits per heavy atom. The Morgan fingerprint density at radius 3 is 2.35 bits per heavy atom. The van der Waals surface area contributed by atoms with Gasteiger partial charge in [-0.3, -0.25) is 0 Å². The normalized spacial score (nSPS) is 11.8. The van der Waals surface area contributed by atoms with Gasteiger partial charge in [-0.15, -0.1) is 0 Å². The minimum absolute atomic E-state index is 0.186. The maximum atomic E-state index is 9.84. The van der Waals surface area contributed by atoms with E-state index >= 15 is 0 Å². The molecular formula is C17H27NO2. The molecule has 0 aliphatic heterocycles. The van der Waals surface area contributed by atoms with Crippen molar-refractivity contribution in [1.29, 1.82) is 0 Å². The first-order valence-electron chi connectivity index (χ1n) is 7.70. The average molecular weight is 277 g/mol. The molecule has 20 heavy (non-hydrogen) atoms. The minimum Gasteiger partial charge on any atom is -0.507 e. The number of phenolic OH excluding ortho intramolecular Hbond substituents is 1. The molecule has 2 N–H and O–H groups in total. The van der Waals surface area contributed by atoms with Gasteiger partial charge >= 0.3 is 0 Å². The van der Waals surface area contributed by atoms with Gasteiger partial charge in [-0.25, -0.2) is 0 Å². The predicted molar refractivity (Wildman–Crippen MR) is 83.8 cm³/mol. The summed E-state index contributed by atoms with van der Waals surface area (Å²) in [5, 5.41) is 22.4. The molecule has 0 heterocycles. The van der Waals surface area contributed by atoms with Crippen LogP contribution in [0.25, 0.3) is 0 Å². The quantitative estimate of drug-likeness (QED) is 0.288. The summed E-state index contributed by atoms with van der Waals surface area (Å²) in [7, 11) is 0. The molecule has 0 bridgehead atoms. The maximum absolute atomic E-state index is 9.84. The van der Waals surface area contributed by atoms with Gasteiger partial charge in [-0.1, -0.05) is 62.2 Å². The lowest BCUT2D eigenvalue weighted by molar-refractivity contribution is 0.317. The van der Waals surface area contributed by atoms with Crippen molar-refractivity contribution in [3.05, 3.63) is 29.3 Å². The fourth-order valence-corrected chi connectivity index (χ4v) is 2.37. The van der Waals surface area contributed by atoms with Crippen LogP contribution in [0.3, 0.4) is 0 Å². The van der Waals surface area contributed by atoms with Gasteiger partial charge in [0, 0.05) is 5.56 Å². The lowest BCUT2D eigenvalue weighted by Crippen LogP contribution is -2.02. The lowest BCUT2D eigenvalue weighted by atomic mass is 10.0. The molecule has 3 heteroatoms. The van der Waals surface area contributed by atoms with Crippen molar-refractivity contribution in [2.45, 2.75) is 65.2 Å². The van der Waals surface area contributed by atoms with Gasteiger partial charge in [-0.05, 0) is 31.9 Å². The van der Waals surface area contributed by atoms with Crippen molar-refractivity contribution in [2.24, 2.45) is 5.16 Å². The summed E-state index contributed by atoms with van der Waals surface area (Å²) < 4.78 is 0. The van der Waals surface area contributed by atoms with Crippen LogP contribution in [0.1, 0.15) is 69.4 Å². The molecular weight excluding hydrogens is 250 g/mol. The molecule has 1 aromatic carbocycles. The standard InChI is InChI=1S/C17H27NO2/c1-3-4-5-6-7-8-9-10-16(18-20)15-13-14(2)11-12-17(15)19/h11-13,19-20H,3-10H2,1-2H3/b18-16+. The van der Waals surface area contributed by atoms with Crippen molar-refractivity contribution in [2.75, 3.05) is 0 Å². The number of aromatic hydroxyl groups is 1. The topological polar surface area (TPSA) is 52.8 Å². The fourth-order valence-electron chi connectivity index (χ4n) is 2.37. The van der Waals surface area contributed by atoms with Crippen LogP contribution >= 0.6 is 0 Å². The number of rotatable bonds is 9. The van der Waals surface area contributed by atoms with Gasteiger partial charge in [0.05, 0.1) is 5.71 Å². The third-order valence-electron chi connectivity index (χ3n) is 3.60. The molecule has 0 aromatic heterocycles. The van der Waals surface area contributed by atoms with E-state index in [9.17, 15) is 5.11 Å². The van der Waals surface area contributed by atoms with Crippen molar-refractivity contribution in [3.8, 4) is 5.75 Å². The summed E-state index contributed by atoms with van der Waals surface area (Å²) in [5.41, 5.74) is 2.29. The highest BCUT2D eigenvalue weighted by atomic mass is 16.4. The summed E-state index contributed by atoms with van der Waals surface area (Å²) in [5.74, 6) is 0.186. The van der Waals surface area contributed by atoms with E-state index in [0.29, 0.717) is 17.7 Å². The first-order chi connectivity index (χ1) is 9.69. The molecule has 0 saturated heterocycles. The van der Waals surface area contributed by atoms with Gasteiger partial charge in [0.2, 0.25) is 0 Å². The number of oxime groups is 1. The summed E-state index contributed by atoms with van der Waals surface area (Å²) in [4.78, 5) is 0. The SMILES string of the molecule is CCCCCCCCC/C(=N\O)c1cc(C)ccc1O. The fraction of sp³-hybridized carbons (Fsp3) is 0.588. The van der Waals surface area contributed by atoms with Crippen molar-refractivity contribution < 1.29 is 10.3 Å². The number of phenols is 1. The molecule has 0 unspecified atom stereocenters. The minimum atomic E-state index is 0.186. The Labute approximate surface area is 122 Å². The number of hydrogen-bond donors (Lipinski definition) is 2. The second kappa shape index (κ2) is 9.40. The Kier molecular flexibility index (Phi) is 7.78.